The lowest BCUT2D eigenvalue weighted by atomic mass is 10.2. The average molecular weight is 246 g/mol. The molecule has 1 aromatic heterocycles. The molecule has 1 heterocycles. The summed E-state index contributed by atoms with van der Waals surface area (Å²) in [6, 6.07) is 7.57. The van der Waals surface area contributed by atoms with Crippen molar-refractivity contribution in [2.45, 2.75) is 20.0 Å². The molecule has 0 atom stereocenters. The van der Waals surface area contributed by atoms with Gasteiger partial charge in [-0.05, 0) is 36.4 Å². The maximum Gasteiger partial charge on any atom is 0.263 e. The minimum atomic E-state index is 0.0951. The fourth-order valence-corrected chi connectivity index (χ4v) is 1.34. The number of aromatic nitrogens is 4. The molecular formula is C11H14N6O. The molecule has 0 saturated carbocycles. The van der Waals surface area contributed by atoms with Gasteiger partial charge >= 0.3 is 0 Å². The van der Waals surface area contributed by atoms with E-state index in [-0.39, 0.29) is 12.1 Å². The molecule has 0 amide bonds. The number of benzene rings is 1. The van der Waals surface area contributed by atoms with E-state index in [1.54, 1.807) is 6.21 Å². The van der Waals surface area contributed by atoms with Crippen molar-refractivity contribution in [2.24, 2.45) is 5.10 Å². The molecule has 94 valence electrons. The fourth-order valence-electron chi connectivity index (χ4n) is 1.34. The first-order chi connectivity index (χ1) is 8.66. The summed E-state index contributed by atoms with van der Waals surface area (Å²) in [7, 11) is 0. The molecule has 2 rings (SSSR count). The summed E-state index contributed by atoms with van der Waals surface area (Å²) in [4.78, 5) is 1.14. The largest absolute Gasteiger partial charge is 0.490 e. The van der Waals surface area contributed by atoms with Crippen LogP contribution in [0.5, 0.6) is 5.75 Å². The van der Waals surface area contributed by atoms with Gasteiger partial charge in [-0.3, -0.25) is 0 Å². The van der Waals surface area contributed by atoms with Crippen LogP contribution in [0.2, 0.25) is 0 Å². The van der Waals surface area contributed by atoms with Gasteiger partial charge in [0, 0.05) is 5.56 Å². The minimum absolute atomic E-state index is 0.0951. The van der Waals surface area contributed by atoms with E-state index < -0.39 is 0 Å². The highest BCUT2D eigenvalue weighted by Gasteiger charge is 2.03. The van der Waals surface area contributed by atoms with Crippen molar-refractivity contribution >= 4 is 12.2 Å². The molecule has 7 nitrogen and oxygen atoms in total. The maximum absolute atomic E-state index is 5.66. The molecule has 2 N–H and O–H groups in total. The van der Waals surface area contributed by atoms with E-state index in [9.17, 15) is 0 Å². The molecule has 0 radical (unpaired) electrons. The number of hydrogen-bond donors (Lipinski definition) is 1. The van der Waals surface area contributed by atoms with Gasteiger partial charge in [-0.2, -0.15) is 5.10 Å². The van der Waals surface area contributed by atoms with Crippen molar-refractivity contribution in [3.8, 4) is 5.75 Å². The van der Waals surface area contributed by atoms with E-state index in [1.165, 1.54) is 0 Å². The highest BCUT2D eigenvalue weighted by molar-refractivity contribution is 5.83. The third-order valence-electron chi connectivity index (χ3n) is 2.06. The Hall–Kier alpha value is -2.44. The van der Waals surface area contributed by atoms with Crippen LogP contribution in [0.1, 0.15) is 19.4 Å². The quantitative estimate of drug-likeness (QED) is 0.810. The third-order valence-corrected chi connectivity index (χ3v) is 2.06. The number of anilines is 1. The Morgan fingerprint density at radius 2 is 2.17 bits per heavy atom. The molecule has 18 heavy (non-hydrogen) atoms. The van der Waals surface area contributed by atoms with Crippen LogP contribution in [0, 0.1) is 0 Å². The lowest BCUT2D eigenvalue weighted by Crippen LogP contribution is -2.07. The first-order valence-corrected chi connectivity index (χ1v) is 5.50. The molecule has 0 bridgehead atoms. The van der Waals surface area contributed by atoms with E-state index in [0.29, 0.717) is 0 Å². The van der Waals surface area contributed by atoms with Crippen LogP contribution < -0.4 is 10.5 Å². The Kier molecular flexibility index (Phi) is 3.52. The number of tetrazole rings is 1. The second kappa shape index (κ2) is 5.26. The molecule has 1 aromatic carbocycles. The van der Waals surface area contributed by atoms with Crippen molar-refractivity contribution in [1.82, 2.24) is 20.3 Å². The van der Waals surface area contributed by atoms with Gasteiger partial charge in [0.25, 0.3) is 5.95 Å². The number of ether oxygens (including phenoxy) is 1. The van der Waals surface area contributed by atoms with Gasteiger partial charge in [0.1, 0.15) is 5.75 Å². The first kappa shape index (κ1) is 12.0. The first-order valence-electron chi connectivity index (χ1n) is 5.50. The van der Waals surface area contributed by atoms with Crippen LogP contribution >= 0.6 is 0 Å². The van der Waals surface area contributed by atoms with Crippen LogP contribution in [-0.2, 0) is 0 Å². The Bertz CT molecular complexity index is 548. The molecule has 2 aromatic rings. The molecule has 0 spiro atoms. The van der Waals surface area contributed by atoms with E-state index in [0.717, 1.165) is 16.1 Å². The SMILES string of the molecule is CC(C)Oc1ccccc1/C=N/n1nnnc1N. The molecule has 0 aliphatic carbocycles. The van der Waals surface area contributed by atoms with Crippen molar-refractivity contribution in [1.29, 1.82) is 0 Å². The van der Waals surface area contributed by atoms with E-state index >= 15 is 0 Å². The van der Waals surface area contributed by atoms with E-state index in [4.69, 9.17) is 10.5 Å². The van der Waals surface area contributed by atoms with Crippen LogP contribution in [0.4, 0.5) is 5.95 Å². The molecule has 0 aliphatic rings. The third kappa shape index (κ3) is 2.82. The summed E-state index contributed by atoms with van der Waals surface area (Å²) in [5.74, 6) is 0.886. The predicted molar refractivity (Wildman–Crippen MR) is 67.4 cm³/mol. The van der Waals surface area contributed by atoms with Gasteiger partial charge in [-0.15, -0.1) is 0 Å². The molecular weight excluding hydrogens is 232 g/mol. The number of nitrogens with zero attached hydrogens (tertiary/aromatic N) is 5. The number of hydrogen-bond acceptors (Lipinski definition) is 6. The Labute approximate surface area is 104 Å². The van der Waals surface area contributed by atoms with Gasteiger partial charge in [-0.25, -0.2) is 0 Å². The summed E-state index contributed by atoms with van der Waals surface area (Å²) >= 11 is 0. The summed E-state index contributed by atoms with van der Waals surface area (Å²) in [6.45, 7) is 3.93. The smallest absolute Gasteiger partial charge is 0.263 e. The zero-order chi connectivity index (χ0) is 13.0. The number of nitrogens with two attached hydrogens (primary N) is 1. The summed E-state index contributed by atoms with van der Waals surface area (Å²) < 4.78 is 5.66. The Balaban J connectivity index is 2.23. The summed E-state index contributed by atoms with van der Waals surface area (Å²) in [6.07, 6.45) is 1.70. The second-order valence-electron chi connectivity index (χ2n) is 3.88. The Morgan fingerprint density at radius 1 is 1.39 bits per heavy atom. The number of rotatable bonds is 4. The van der Waals surface area contributed by atoms with Crippen LogP contribution in [0.25, 0.3) is 0 Å². The van der Waals surface area contributed by atoms with Crippen molar-refractivity contribution in [3.05, 3.63) is 29.8 Å². The molecule has 0 fully saturated rings. The number of nitrogen functional groups attached to an aromatic ring is 1. The van der Waals surface area contributed by atoms with E-state index in [1.807, 2.05) is 38.1 Å². The summed E-state index contributed by atoms with van der Waals surface area (Å²) in [5.41, 5.74) is 6.34. The van der Waals surface area contributed by atoms with Crippen LogP contribution in [0.15, 0.2) is 29.4 Å². The van der Waals surface area contributed by atoms with Gasteiger partial charge in [0.15, 0.2) is 0 Å². The zero-order valence-electron chi connectivity index (χ0n) is 10.2. The molecule has 7 heteroatoms. The van der Waals surface area contributed by atoms with Crippen molar-refractivity contribution in [3.63, 3.8) is 0 Å². The molecule has 0 aliphatic heterocycles. The Morgan fingerprint density at radius 3 is 2.83 bits per heavy atom. The fraction of sp³-hybridized carbons (Fsp3) is 0.273. The van der Waals surface area contributed by atoms with Crippen LogP contribution in [0.3, 0.4) is 0 Å². The molecule has 0 unspecified atom stereocenters. The monoisotopic (exact) mass is 246 g/mol. The summed E-state index contributed by atoms with van der Waals surface area (Å²) in [5, 5.41) is 14.6. The standard InChI is InChI=1S/C11H14N6O/c1-8(2)18-10-6-4-3-5-9(10)7-13-17-11(12)14-15-16-17/h3-8H,1-2H3,(H2,12,14,16)/b13-7+. The predicted octanol–water partition coefficient (Wildman–Crippen LogP) is 0.925. The average Bonchev–Trinajstić information content (AvgIpc) is 2.73. The van der Waals surface area contributed by atoms with Gasteiger partial charge in [0.2, 0.25) is 0 Å². The topological polar surface area (TPSA) is 91.2 Å². The normalized spacial score (nSPS) is 11.3. The number of para-hydroxylation sites is 1. The lowest BCUT2D eigenvalue weighted by Gasteiger charge is -2.11. The molecule has 0 saturated heterocycles. The highest BCUT2D eigenvalue weighted by Crippen LogP contribution is 2.17. The van der Waals surface area contributed by atoms with E-state index in [2.05, 4.69) is 20.6 Å². The van der Waals surface area contributed by atoms with Gasteiger partial charge in [-0.1, -0.05) is 22.0 Å². The second-order valence-corrected chi connectivity index (χ2v) is 3.88. The van der Waals surface area contributed by atoms with Gasteiger partial charge in [0.05, 0.1) is 12.3 Å². The van der Waals surface area contributed by atoms with Crippen molar-refractivity contribution < 1.29 is 4.74 Å². The minimum Gasteiger partial charge on any atom is -0.490 e. The van der Waals surface area contributed by atoms with Crippen molar-refractivity contribution in [2.75, 3.05) is 5.73 Å². The van der Waals surface area contributed by atoms with Gasteiger partial charge < -0.3 is 10.5 Å². The van der Waals surface area contributed by atoms with Crippen LogP contribution in [-0.4, -0.2) is 32.6 Å². The lowest BCUT2D eigenvalue weighted by molar-refractivity contribution is 0.242. The highest BCUT2D eigenvalue weighted by atomic mass is 16.5. The maximum atomic E-state index is 5.66. The zero-order valence-corrected chi connectivity index (χ0v) is 10.2.